The van der Waals surface area contributed by atoms with E-state index in [9.17, 15) is 4.79 Å². The van der Waals surface area contributed by atoms with Crippen molar-refractivity contribution in [3.63, 3.8) is 0 Å². The number of ether oxygens (including phenoxy) is 1. The molecule has 1 atom stereocenters. The molecule has 2 aromatic rings. The van der Waals surface area contributed by atoms with E-state index in [-0.39, 0.29) is 11.7 Å². The average molecular weight is 246 g/mol. The summed E-state index contributed by atoms with van der Waals surface area (Å²) in [6.07, 6.45) is -0.126. The summed E-state index contributed by atoms with van der Waals surface area (Å²) < 4.78 is 7.24. The van der Waals surface area contributed by atoms with Crippen LogP contribution in [-0.2, 0) is 11.3 Å². The van der Waals surface area contributed by atoms with Crippen LogP contribution in [0.15, 0.2) is 41.2 Å². The molecule has 1 unspecified atom stereocenters. The number of benzene rings is 1. The molecular formula is C14H18N2O2. The number of nitrogens with zero attached hydrogens (tertiary/aromatic N) is 1. The number of para-hydroxylation sites is 1. The fraction of sp³-hybridized carbons (Fsp3) is 0.357. The molecule has 2 N–H and O–H groups in total. The number of rotatable bonds is 5. The minimum atomic E-state index is -0.126. The standard InChI is InChI=1S/C14H18N2O2/c1-2-18-12(9-15)10-16-13-6-4-3-5-11(13)7-8-14(16)17/h3-8,12H,2,9-10,15H2,1H3. The maximum absolute atomic E-state index is 12.0. The Morgan fingerprint density at radius 1 is 1.28 bits per heavy atom. The van der Waals surface area contributed by atoms with Gasteiger partial charge in [0.15, 0.2) is 0 Å². The van der Waals surface area contributed by atoms with Crippen LogP contribution in [0.1, 0.15) is 6.92 Å². The van der Waals surface area contributed by atoms with Gasteiger partial charge in [-0.15, -0.1) is 0 Å². The van der Waals surface area contributed by atoms with Gasteiger partial charge in [-0.1, -0.05) is 18.2 Å². The molecule has 4 nitrogen and oxygen atoms in total. The summed E-state index contributed by atoms with van der Waals surface area (Å²) in [7, 11) is 0. The van der Waals surface area contributed by atoms with Crippen LogP contribution in [0, 0.1) is 0 Å². The van der Waals surface area contributed by atoms with Crippen molar-refractivity contribution < 1.29 is 4.74 Å². The summed E-state index contributed by atoms with van der Waals surface area (Å²) >= 11 is 0. The van der Waals surface area contributed by atoms with E-state index in [1.165, 1.54) is 0 Å². The third-order valence-corrected chi connectivity index (χ3v) is 2.95. The van der Waals surface area contributed by atoms with E-state index < -0.39 is 0 Å². The van der Waals surface area contributed by atoms with Crippen molar-refractivity contribution in [2.45, 2.75) is 19.6 Å². The Balaban J connectivity index is 2.42. The molecule has 18 heavy (non-hydrogen) atoms. The Hall–Kier alpha value is -1.65. The predicted octanol–water partition coefficient (Wildman–Crippen LogP) is 1.37. The third kappa shape index (κ3) is 2.60. The Bertz CT molecular complexity index is 577. The first-order chi connectivity index (χ1) is 8.76. The summed E-state index contributed by atoms with van der Waals surface area (Å²) in [5, 5.41) is 1.05. The van der Waals surface area contributed by atoms with Gasteiger partial charge in [0.2, 0.25) is 0 Å². The SMILES string of the molecule is CCOC(CN)Cn1c(=O)ccc2ccccc21. The van der Waals surface area contributed by atoms with Crippen molar-refractivity contribution in [3.05, 3.63) is 46.8 Å². The number of hydrogen-bond donors (Lipinski definition) is 1. The molecule has 0 amide bonds. The van der Waals surface area contributed by atoms with Crippen LogP contribution in [-0.4, -0.2) is 23.8 Å². The molecule has 0 saturated heterocycles. The molecule has 0 aliphatic carbocycles. The molecule has 1 aromatic carbocycles. The Morgan fingerprint density at radius 3 is 2.78 bits per heavy atom. The summed E-state index contributed by atoms with van der Waals surface area (Å²) in [6.45, 7) is 3.42. The van der Waals surface area contributed by atoms with Gasteiger partial charge in [0, 0.05) is 19.2 Å². The lowest BCUT2D eigenvalue weighted by Crippen LogP contribution is -2.33. The fourth-order valence-corrected chi connectivity index (χ4v) is 2.07. The molecular weight excluding hydrogens is 228 g/mol. The largest absolute Gasteiger partial charge is 0.375 e. The van der Waals surface area contributed by atoms with Crippen molar-refractivity contribution in [1.29, 1.82) is 0 Å². The molecule has 0 saturated carbocycles. The van der Waals surface area contributed by atoms with Crippen LogP contribution in [0.2, 0.25) is 0 Å². The first-order valence-corrected chi connectivity index (χ1v) is 6.16. The molecule has 2 rings (SSSR count). The molecule has 96 valence electrons. The molecule has 1 aromatic heterocycles. The van der Waals surface area contributed by atoms with Crippen LogP contribution >= 0.6 is 0 Å². The number of aromatic nitrogens is 1. The Morgan fingerprint density at radius 2 is 2.06 bits per heavy atom. The van der Waals surface area contributed by atoms with Gasteiger partial charge < -0.3 is 15.0 Å². The Kier molecular flexibility index (Phi) is 4.12. The lowest BCUT2D eigenvalue weighted by Gasteiger charge is -2.17. The van der Waals surface area contributed by atoms with Gasteiger partial charge in [-0.05, 0) is 24.4 Å². The van der Waals surface area contributed by atoms with Gasteiger partial charge >= 0.3 is 0 Å². The molecule has 0 spiro atoms. The zero-order valence-electron chi connectivity index (χ0n) is 10.5. The minimum Gasteiger partial charge on any atom is -0.375 e. The van der Waals surface area contributed by atoms with Crippen LogP contribution in [0.4, 0.5) is 0 Å². The fourth-order valence-electron chi connectivity index (χ4n) is 2.07. The highest BCUT2D eigenvalue weighted by Gasteiger charge is 2.10. The molecule has 0 bridgehead atoms. The van der Waals surface area contributed by atoms with Gasteiger partial charge in [-0.3, -0.25) is 4.79 Å². The zero-order chi connectivity index (χ0) is 13.0. The summed E-state index contributed by atoms with van der Waals surface area (Å²) in [4.78, 5) is 12.0. The maximum Gasteiger partial charge on any atom is 0.251 e. The van der Waals surface area contributed by atoms with Crippen molar-refractivity contribution in [2.75, 3.05) is 13.2 Å². The maximum atomic E-state index is 12.0. The van der Waals surface area contributed by atoms with Gasteiger partial charge in [0.25, 0.3) is 5.56 Å². The zero-order valence-corrected chi connectivity index (χ0v) is 10.5. The molecule has 4 heteroatoms. The highest BCUT2D eigenvalue weighted by Crippen LogP contribution is 2.11. The average Bonchev–Trinajstić information content (AvgIpc) is 2.41. The van der Waals surface area contributed by atoms with Crippen LogP contribution in [0.3, 0.4) is 0 Å². The lowest BCUT2D eigenvalue weighted by molar-refractivity contribution is 0.0569. The minimum absolute atomic E-state index is 0.0214. The topological polar surface area (TPSA) is 57.2 Å². The van der Waals surface area contributed by atoms with Crippen LogP contribution in [0.5, 0.6) is 0 Å². The van der Waals surface area contributed by atoms with Gasteiger partial charge in [0.1, 0.15) is 0 Å². The second kappa shape index (κ2) is 5.80. The van der Waals surface area contributed by atoms with Crippen LogP contribution in [0.25, 0.3) is 10.9 Å². The van der Waals surface area contributed by atoms with Crippen molar-refractivity contribution in [3.8, 4) is 0 Å². The van der Waals surface area contributed by atoms with E-state index in [1.807, 2.05) is 37.3 Å². The van der Waals surface area contributed by atoms with Crippen molar-refractivity contribution in [1.82, 2.24) is 4.57 Å². The lowest BCUT2D eigenvalue weighted by atomic mass is 10.2. The Labute approximate surface area is 106 Å². The van der Waals surface area contributed by atoms with Gasteiger partial charge in [-0.2, -0.15) is 0 Å². The molecule has 1 heterocycles. The number of hydrogen-bond acceptors (Lipinski definition) is 3. The quantitative estimate of drug-likeness (QED) is 0.866. The van der Waals surface area contributed by atoms with Crippen molar-refractivity contribution >= 4 is 10.9 Å². The first kappa shape index (κ1) is 12.8. The highest BCUT2D eigenvalue weighted by atomic mass is 16.5. The van der Waals surface area contributed by atoms with E-state index in [2.05, 4.69) is 0 Å². The molecule has 0 aliphatic heterocycles. The number of pyridine rings is 1. The normalized spacial score (nSPS) is 12.8. The first-order valence-electron chi connectivity index (χ1n) is 6.16. The predicted molar refractivity (Wildman–Crippen MR) is 72.7 cm³/mol. The molecule has 0 radical (unpaired) electrons. The third-order valence-electron chi connectivity index (χ3n) is 2.95. The van der Waals surface area contributed by atoms with E-state index in [1.54, 1.807) is 10.6 Å². The van der Waals surface area contributed by atoms with E-state index in [0.717, 1.165) is 10.9 Å². The number of fused-ring (bicyclic) bond motifs is 1. The van der Waals surface area contributed by atoms with Gasteiger partial charge in [-0.25, -0.2) is 0 Å². The summed E-state index contributed by atoms with van der Waals surface area (Å²) in [5.74, 6) is 0. The monoisotopic (exact) mass is 246 g/mol. The molecule has 0 aliphatic rings. The van der Waals surface area contributed by atoms with Crippen LogP contribution < -0.4 is 11.3 Å². The highest BCUT2D eigenvalue weighted by molar-refractivity contribution is 5.78. The van der Waals surface area contributed by atoms with Gasteiger partial charge in [0.05, 0.1) is 18.2 Å². The van der Waals surface area contributed by atoms with E-state index in [0.29, 0.717) is 19.7 Å². The smallest absolute Gasteiger partial charge is 0.251 e. The summed E-state index contributed by atoms with van der Waals surface area (Å²) in [6, 6.07) is 11.2. The van der Waals surface area contributed by atoms with E-state index in [4.69, 9.17) is 10.5 Å². The molecule has 0 fully saturated rings. The summed E-state index contributed by atoms with van der Waals surface area (Å²) in [5.41, 5.74) is 6.56. The second-order valence-electron chi connectivity index (χ2n) is 4.15. The van der Waals surface area contributed by atoms with E-state index >= 15 is 0 Å². The number of nitrogens with two attached hydrogens (primary N) is 1. The second-order valence-corrected chi connectivity index (χ2v) is 4.15. The van der Waals surface area contributed by atoms with Crippen molar-refractivity contribution in [2.24, 2.45) is 5.73 Å².